The number of amides is 1. The lowest BCUT2D eigenvalue weighted by Gasteiger charge is -2.38. The van der Waals surface area contributed by atoms with Crippen LogP contribution in [0.4, 0.5) is 4.79 Å². The Kier molecular flexibility index (Phi) is 6.01. The molecule has 0 radical (unpaired) electrons. The van der Waals surface area contributed by atoms with Crippen LogP contribution in [0.2, 0.25) is 0 Å². The first kappa shape index (κ1) is 17.8. The summed E-state index contributed by atoms with van der Waals surface area (Å²) in [6, 6.07) is 0.349. The molecule has 0 spiro atoms. The molecule has 1 amide bonds. The van der Waals surface area contributed by atoms with E-state index in [2.05, 4.69) is 5.32 Å². The number of rotatable bonds is 3. The minimum absolute atomic E-state index is 0.0652. The van der Waals surface area contributed by atoms with Gasteiger partial charge in [0, 0.05) is 25.2 Å². The molecule has 0 aromatic heterocycles. The van der Waals surface area contributed by atoms with Gasteiger partial charge in [0.2, 0.25) is 0 Å². The van der Waals surface area contributed by atoms with Crippen LogP contribution in [0.3, 0.4) is 0 Å². The van der Waals surface area contributed by atoms with E-state index in [0.29, 0.717) is 19.5 Å². The highest BCUT2D eigenvalue weighted by Crippen LogP contribution is 2.21. The van der Waals surface area contributed by atoms with Gasteiger partial charge in [-0.3, -0.25) is 4.79 Å². The first-order valence-electron chi connectivity index (χ1n) is 7.44. The molecule has 2 unspecified atom stereocenters. The maximum atomic E-state index is 12.2. The van der Waals surface area contributed by atoms with Crippen molar-refractivity contribution in [3.63, 3.8) is 0 Å². The van der Waals surface area contributed by atoms with Gasteiger partial charge in [-0.1, -0.05) is 13.8 Å². The second kappa shape index (κ2) is 7.11. The fourth-order valence-electron chi connectivity index (χ4n) is 2.50. The molecule has 1 N–H and O–H groups in total. The van der Waals surface area contributed by atoms with Gasteiger partial charge in [-0.05, 0) is 27.2 Å². The molecule has 1 heterocycles. The molecule has 21 heavy (non-hydrogen) atoms. The Morgan fingerprint density at radius 2 is 1.86 bits per heavy atom. The average molecular weight is 300 g/mol. The first-order chi connectivity index (χ1) is 9.62. The predicted octanol–water partition coefficient (Wildman–Crippen LogP) is 1.78. The molecule has 6 nitrogen and oxygen atoms in total. The summed E-state index contributed by atoms with van der Waals surface area (Å²) in [6.07, 6.45) is 0.288. The first-order valence-corrected chi connectivity index (χ1v) is 7.44. The van der Waals surface area contributed by atoms with E-state index in [9.17, 15) is 9.59 Å². The Morgan fingerprint density at radius 1 is 1.24 bits per heavy atom. The number of esters is 1. The quantitative estimate of drug-likeness (QED) is 0.805. The van der Waals surface area contributed by atoms with Crippen LogP contribution < -0.4 is 5.32 Å². The van der Waals surface area contributed by atoms with Gasteiger partial charge < -0.3 is 19.7 Å². The van der Waals surface area contributed by atoms with Crippen LogP contribution in [0, 0.1) is 5.92 Å². The maximum Gasteiger partial charge on any atom is 0.410 e. The lowest BCUT2D eigenvalue weighted by Crippen LogP contribution is -2.55. The van der Waals surface area contributed by atoms with Crippen LogP contribution in [-0.4, -0.2) is 54.8 Å². The zero-order chi connectivity index (χ0) is 16.2. The number of ether oxygens (including phenoxy) is 2. The summed E-state index contributed by atoms with van der Waals surface area (Å²) >= 11 is 0. The van der Waals surface area contributed by atoms with Crippen molar-refractivity contribution in [1.29, 1.82) is 0 Å². The summed E-state index contributed by atoms with van der Waals surface area (Å²) in [7, 11) is 1.37. The molecule has 1 aliphatic rings. The highest BCUT2D eigenvalue weighted by molar-refractivity contribution is 5.75. The molecule has 6 heteroatoms. The smallest absolute Gasteiger partial charge is 0.410 e. The summed E-state index contributed by atoms with van der Waals surface area (Å²) in [4.78, 5) is 25.6. The summed E-state index contributed by atoms with van der Waals surface area (Å²) in [5.74, 6) is -0.591. The van der Waals surface area contributed by atoms with Crippen molar-refractivity contribution in [2.45, 2.75) is 58.7 Å². The molecule has 0 aliphatic carbocycles. The van der Waals surface area contributed by atoms with Gasteiger partial charge in [-0.15, -0.1) is 0 Å². The fourth-order valence-corrected chi connectivity index (χ4v) is 2.50. The van der Waals surface area contributed by atoms with E-state index in [-0.39, 0.29) is 30.1 Å². The second-order valence-electron chi connectivity index (χ2n) is 6.86. The van der Waals surface area contributed by atoms with Gasteiger partial charge >= 0.3 is 12.1 Å². The lowest BCUT2D eigenvalue weighted by molar-refractivity contribution is -0.147. The van der Waals surface area contributed by atoms with E-state index < -0.39 is 5.60 Å². The van der Waals surface area contributed by atoms with Gasteiger partial charge in [-0.2, -0.15) is 0 Å². The normalized spacial score (nSPS) is 23.1. The molecule has 0 aromatic rings. The van der Waals surface area contributed by atoms with Crippen molar-refractivity contribution >= 4 is 12.1 Å². The Labute approximate surface area is 127 Å². The highest BCUT2D eigenvalue weighted by atomic mass is 16.6. The van der Waals surface area contributed by atoms with Crippen molar-refractivity contribution in [1.82, 2.24) is 10.2 Å². The summed E-state index contributed by atoms with van der Waals surface area (Å²) in [6.45, 7) is 10.5. The topological polar surface area (TPSA) is 67.9 Å². The number of carbonyl (C=O) groups excluding carboxylic acids is 2. The lowest BCUT2D eigenvalue weighted by atomic mass is 9.94. The van der Waals surface area contributed by atoms with E-state index in [0.717, 1.165) is 0 Å². The van der Waals surface area contributed by atoms with Crippen LogP contribution in [0.15, 0.2) is 0 Å². The molecular weight excluding hydrogens is 272 g/mol. The molecule has 1 aliphatic heterocycles. The van der Waals surface area contributed by atoms with Crippen LogP contribution >= 0.6 is 0 Å². The summed E-state index contributed by atoms with van der Waals surface area (Å²) in [5, 5.41) is 3.38. The monoisotopic (exact) mass is 300 g/mol. The zero-order valence-corrected chi connectivity index (χ0v) is 13.9. The molecule has 0 aromatic carbocycles. The number of likely N-dealkylation sites (tertiary alicyclic amines) is 1. The number of nitrogens with zero attached hydrogens (tertiary/aromatic N) is 1. The summed E-state index contributed by atoms with van der Waals surface area (Å²) < 4.78 is 10.2. The Bertz CT molecular complexity index is 376. The van der Waals surface area contributed by atoms with Crippen molar-refractivity contribution < 1.29 is 19.1 Å². The molecule has 2 atom stereocenters. The maximum absolute atomic E-state index is 12.2. The Hall–Kier alpha value is -1.30. The standard InChI is InChI=1S/C15H28N2O4/c1-10(2)16-12-7-11(13(18)20-6)8-17(9-12)14(19)21-15(3,4)5/h10-12,16H,7-9H2,1-6H3. The van der Waals surface area contributed by atoms with Crippen molar-refractivity contribution in [2.75, 3.05) is 20.2 Å². The molecule has 1 saturated heterocycles. The number of piperidine rings is 1. The van der Waals surface area contributed by atoms with Crippen molar-refractivity contribution in [3.8, 4) is 0 Å². The SMILES string of the molecule is COC(=O)C1CC(NC(C)C)CN(C(=O)OC(C)(C)C)C1. The number of carbonyl (C=O) groups is 2. The van der Waals surface area contributed by atoms with Crippen LogP contribution in [-0.2, 0) is 14.3 Å². The minimum atomic E-state index is -0.545. The second-order valence-corrected chi connectivity index (χ2v) is 6.86. The van der Waals surface area contributed by atoms with Crippen molar-refractivity contribution in [2.24, 2.45) is 5.92 Å². The third kappa shape index (κ3) is 5.91. The molecule has 1 fully saturated rings. The Morgan fingerprint density at radius 3 is 2.33 bits per heavy atom. The van der Waals surface area contributed by atoms with E-state index >= 15 is 0 Å². The number of hydrogen-bond acceptors (Lipinski definition) is 5. The van der Waals surface area contributed by atoms with Gasteiger partial charge in [0.15, 0.2) is 0 Å². The number of methoxy groups -OCH3 is 1. The third-order valence-electron chi connectivity index (χ3n) is 3.21. The van der Waals surface area contributed by atoms with Gasteiger partial charge in [0.25, 0.3) is 0 Å². The molecule has 0 saturated carbocycles. The third-order valence-corrected chi connectivity index (χ3v) is 3.21. The van der Waals surface area contributed by atoms with Gasteiger partial charge in [0.05, 0.1) is 13.0 Å². The average Bonchev–Trinajstić information content (AvgIpc) is 2.34. The van der Waals surface area contributed by atoms with Crippen LogP contribution in [0.1, 0.15) is 41.0 Å². The van der Waals surface area contributed by atoms with E-state index in [1.165, 1.54) is 7.11 Å². The van der Waals surface area contributed by atoms with E-state index in [1.807, 2.05) is 34.6 Å². The molecule has 1 rings (SSSR count). The van der Waals surface area contributed by atoms with Gasteiger partial charge in [-0.25, -0.2) is 4.79 Å². The predicted molar refractivity (Wildman–Crippen MR) is 80.0 cm³/mol. The molecular formula is C15H28N2O4. The van der Waals surface area contributed by atoms with Gasteiger partial charge in [0.1, 0.15) is 5.60 Å². The fraction of sp³-hybridized carbons (Fsp3) is 0.867. The van der Waals surface area contributed by atoms with Crippen LogP contribution in [0.5, 0.6) is 0 Å². The summed E-state index contributed by atoms with van der Waals surface area (Å²) in [5.41, 5.74) is -0.545. The number of nitrogens with one attached hydrogen (secondary N) is 1. The number of hydrogen-bond donors (Lipinski definition) is 1. The Balaban J connectivity index is 2.77. The highest BCUT2D eigenvalue weighted by Gasteiger charge is 2.36. The molecule has 122 valence electrons. The zero-order valence-electron chi connectivity index (χ0n) is 13.9. The largest absolute Gasteiger partial charge is 0.469 e. The van der Waals surface area contributed by atoms with E-state index in [4.69, 9.17) is 9.47 Å². The molecule has 0 bridgehead atoms. The minimum Gasteiger partial charge on any atom is -0.469 e. The van der Waals surface area contributed by atoms with Crippen molar-refractivity contribution in [3.05, 3.63) is 0 Å². The van der Waals surface area contributed by atoms with E-state index in [1.54, 1.807) is 4.90 Å². The van der Waals surface area contributed by atoms with Crippen LogP contribution in [0.25, 0.3) is 0 Å².